The molecule has 0 unspecified atom stereocenters. The Labute approximate surface area is 114 Å². The molecule has 19 heavy (non-hydrogen) atoms. The molecular weight excluding hydrogens is 240 g/mol. The largest absolute Gasteiger partial charge is 0.338 e. The van der Waals surface area contributed by atoms with Gasteiger partial charge in [0.1, 0.15) is 0 Å². The van der Waals surface area contributed by atoms with Crippen molar-refractivity contribution >= 4 is 0 Å². The van der Waals surface area contributed by atoms with E-state index < -0.39 is 0 Å². The minimum atomic E-state index is 0.573. The van der Waals surface area contributed by atoms with Gasteiger partial charge in [0.05, 0.1) is 6.54 Å². The van der Waals surface area contributed by atoms with Crippen LogP contribution in [0.3, 0.4) is 0 Å². The summed E-state index contributed by atoms with van der Waals surface area (Å²) in [5, 5.41) is 7.68. The number of fused-ring (bicyclic) bond motifs is 1. The van der Waals surface area contributed by atoms with Gasteiger partial charge in [-0.15, -0.1) is 0 Å². The average molecular weight is 264 g/mol. The summed E-state index contributed by atoms with van der Waals surface area (Å²) in [5.74, 6) is 3.00. The van der Waals surface area contributed by atoms with Gasteiger partial charge in [0, 0.05) is 25.6 Å². The maximum absolute atomic E-state index is 5.36. The fourth-order valence-corrected chi connectivity index (χ4v) is 3.26. The van der Waals surface area contributed by atoms with Crippen LogP contribution in [0.25, 0.3) is 0 Å². The molecule has 0 aromatic carbocycles. The van der Waals surface area contributed by atoms with Crippen LogP contribution in [0.5, 0.6) is 0 Å². The van der Waals surface area contributed by atoms with Crippen LogP contribution in [0.4, 0.5) is 0 Å². The Kier molecular flexibility index (Phi) is 3.84. The second-order valence-electron chi connectivity index (χ2n) is 6.36. The predicted octanol–water partition coefficient (Wildman–Crippen LogP) is 1.45. The molecule has 0 saturated carbocycles. The van der Waals surface area contributed by atoms with E-state index in [9.17, 15) is 0 Å². The molecule has 0 bridgehead atoms. The minimum Gasteiger partial charge on any atom is -0.338 e. The van der Waals surface area contributed by atoms with Crippen LogP contribution in [0.2, 0.25) is 0 Å². The summed E-state index contributed by atoms with van der Waals surface area (Å²) in [4.78, 5) is 6.94. The van der Waals surface area contributed by atoms with Crippen LogP contribution in [-0.2, 0) is 13.0 Å². The smallest absolute Gasteiger partial charge is 0.240 e. The first kappa shape index (κ1) is 13.1. The van der Waals surface area contributed by atoms with Crippen LogP contribution in [0.15, 0.2) is 4.52 Å². The van der Waals surface area contributed by atoms with Crippen LogP contribution < -0.4 is 5.32 Å². The molecule has 5 nitrogen and oxygen atoms in total. The summed E-state index contributed by atoms with van der Waals surface area (Å²) >= 11 is 0. The third-order valence-corrected chi connectivity index (χ3v) is 4.13. The Hall–Kier alpha value is -0.940. The number of nitrogens with zero attached hydrogens (tertiary/aromatic N) is 3. The number of likely N-dealkylation sites (tertiary alicyclic amines) is 1. The number of aromatic nitrogens is 2. The molecule has 3 rings (SSSR count). The van der Waals surface area contributed by atoms with Crippen molar-refractivity contribution in [2.75, 3.05) is 19.6 Å². The van der Waals surface area contributed by atoms with E-state index in [1.807, 2.05) is 0 Å². The molecule has 1 aromatic heterocycles. The first-order chi connectivity index (χ1) is 9.20. The SMILES string of the molecule is CC(C)Cc1noc(CN2C[C@@H]3CCCN[C@@H]3C2)n1. The van der Waals surface area contributed by atoms with E-state index in [0.29, 0.717) is 12.0 Å². The maximum Gasteiger partial charge on any atom is 0.240 e. The molecule has 2 aliphatic heterocycles. The zero-order valence-electron chi connectivity index (χ0n) is 11.9. The highest BCUT2D eigenvalue weighted by molar-refractivity contribution is 4.94. The van der Waals surface area contributed by atoms with Gasteiger partial charge in [-0.1, -0.05) is 19.0 Å². The van der Waals surface area contributed by atoms with E-state index in [2.05, 4.69) is 34.2 Å². The zero-order chi connectivity index (χ0) is 13.2. The maximum atomic E-state index is 5.36. The van der Waals surface area contributed by atoms with Gasteiger partial charge >= 0.3 is 0 Å². The highest BCUT2D eigenvalue weighted by Gasteiger charge is 2.34. The lowest BCUT2D eigenvalue weighted by atomic mass is 9.94. The van der Waals surface area contributed by atoms with E-state index >= 15 is 0 Å². The van der Waals surface area contributed by atoms with Crippen LogP contribution >= 0.6 is 0 Å². The third-order valence-electron chi connectivity index (χ3n) is 4.13. The summed E-state index contributed by atoms with van der Waals surface area (Å²) in [6.07, 6.45) is 3.57. The van der Waals surface area contributed by atoms with Gasteiger partial charge < -0.3 is 9.84 Å². The molecule has 3 heterocycles. The Morgan fingerprint density at radius 1 is 1.42 bits per heavy atom. The molecular formula is C14H24N4O. The molecule has 2 aliphatic rings. The Morgan fingerprint density at radius 3 is 3.11 bits per heavy atom. The van der Waals surface area contributed by atoms with Gasteiger partial charge in [0.2, 0.25) is 5.89 Å². The van der Waals surface area contributed by atoms with E-state index in [4.69, 9.17) is 4.52 Å². The molecule has 0 amide bonds. The van der Waals surface area contributed by atoms with Gasteiger partial charge in [-0.25, -0.2) is 0 Å². The van der Waals surface area contributed by atoms with Gasteiger partial charge in [-0.3, -0.25) is 4.90 Å². The molecule has 2 atom stereocenters. The molecule has 1 N–H and O–H groups in total. The molecule has 2 fully saturated rings. The van der Waals surface area contributed by atoms with Crippen molar-refractivity contribution in [3.63, 3.8) is 0 Å². The van der Waals surface area contributed by atoms with Crippen molar-refractivity contribution in [2.24, 2.45) is 11.8 Å². The molecule has 2 saturated heterocycles. The number of hydrogen-bond acceptors (Lipinski definition) is 5. The van der Waals surface area contributed by atoms with Crippen LogP contribution in [0.1, 0.15) is 38.4 Å². The minimum absolute atomic E-state index is 0.573. The number of nitrogens with one attached hydrogen (secondary N) is 1. The Balaban J connectivity index is 1.55. The normalized spacial score (nSPS) is 27.9. The van der Waals surface area contributed by atoms with E-state index in [0.717, 1.165) is 37.1 Å². The summed E-state index contributed by atoms with van der Waals surface area (Å²) in [6.45, 7) is 8.61. The van der Waals surface area contributed by atoms with Crippen molar-refractivity contribution in [3.8, 4) is 0 Å². The summed E-state index contributed by atoms with van der Waals surface area (Å²) in [6, 6.07) is 0.673. The standard InChI is InChI=1S/C14H24N4O/c1-10(2)6-13-16-14(19-17-13)9-18-7-11-4-3-5-15-12(11)8-18/h10-12,15H,3-9H2,1-2H3/t11-,12+/m0/s1. The molecule has 5 heteroatoms. The van der Waals surface area contributed by atoms with Gasteiger partial charge in [0.15, 0.2) is 5.82 Å². The van der Waals surface area contributed by atoms with Crippen LogP contribution in [-0.4, -0.2) is 40.7 Å². The van der Waals surface area contributed by atoms with Crippen molar-refractivity contribution in [3.05, 3.63) is 11.7 Å². The van der Waals surface area contributed by atoms with Crippen molar-refractivity contribution in [1.82, 2.24) is 20.4 Å². The molecule has 0 aliphatic carbocycles. The van der Waals surface area contributed by atoms with Crippen molar-refractivity contribution in [2.45, 2.75) is 45.7 Å². The number of hydrogen-bond donors (Lipinski definition) is 1. The third kappa shape index (κ3) is 3.15. The average Bonchev–Trinajstić information content (AvgIpc) is 2.94. The first-order valence-electron chi connectivity index (χ1n) is 7.48. The van der Waals surface area contributed by atoms with E-state index in [-0.39, 0.29) is 0 Å². The highest BCUT2D eigenvalue weighted by atomic mass is 16.5. The topological polar surface area (TPSA) is 54.2 Å². The molecule has 0 spiro atoms. The van der Waals surface area contributed by atoms with Gasteiger partial charge in [-0.2, -0.15) is 4.98 Å². The second-order valence-corrected chi connectivity index (χ2v) is 6.36. The fourth-order valence-electron chi connectivity index (χ4n) is 3.26. The van der Waals surface area contributed by atoms with E-state index in [1.54, 1.807) is 0 Å². The predicted molar refractivity (Wildman–Crippen MR) is 72.6 cm³/mol. The zero-order valence-corrected chi connectivity index (χ0v) is 11.9. The van der Waals surface area contributed by atoms with Crippen molar-refractivity contribution in [1.29, 1.82) is 0 Å². The monoisotopic (exact) mass is 264 g/mol. The van der Waals surface area contributed by atoms with Gasteiger partial charge in [-0.05, 0) is 31.2 Å². The molecule has 0 radical (unpaired) electrons. The number of piperidine rings is 1. The lowest BCUT2D eigenvalue weighted by molar-refractivity contribution is 0.258. The quantitative estimate of drug-likeness (QED) is 0.892. The highest BCUT2D eigenvalue weighted by Crippen LogP contribution is 2.25. The number of rotatable bonds is 4. The fraction of sp³-hybridized carbons (Fsp3) is 0.857. The summed E-state index contributed by atoms with van der Waals surface area (Å²) < 4.78 is 5.36. The van der Waals surface area contributed by atoms with Crippen LogP contribution in [0, 0.1) is 11.8 Å². The van der Waals surface area contributed by atoms with Crippen molar-refractivity contribution < 1.29 is 4.52 Å². The lowest BCUT2D eigenvalue weighted by Gasteiger charge is -2.24. The molecule has 106 valence electrons. The second kappa shape index (κ2) is 5.59. The van der Waals surface area contributed by atoms with E-state index in [1.165, 1.54) is 25.9 Å². The first-order valence-corrected chi connectivity index (χ1v) is 7.48. The Bertz CT molecular complexity index is 403. The Morgan fingerprint density at radius 2 is 2.32 bits per heavy atom. The lowest BCUT2D eigenvalue weighted by Crippen LogP contribution is -2.40. The van der Waals surface area contributed by atoms with Gasteiger partial charge in [0.25, 0.3) is 0 Å². The summed E-state index contributed by atoms with van der Waals surface area (Å²) in [7, 11) is 0. The summed E-state index contributed by atoms with van der Waals surface area (Å²) in [5.41, 5.74) is 0. The molecule has 1 aromatic rings.